The van der Waals surface area contributed by atoms with Gasteiger partial charge in [0.1, 0.15) is 18.8 Å². The van der Waals surface area contributed by atoms with Crippen LogP contribution in [0, 0.1) is 5.92 Å². The highest BCUT2D eigenvalue weighted by Gasteiger charge is 2.26. The molecule has 0 amide bonds. The topological polar surface area (TPSA) is 91.3 Å². The van der Waals surface area contributed by atoms with E-state index in [0.717, 1.165) is 12.3 Å². The molecule has 0 atom stereocenters. The molecule has 0 aromatic heterocycles. The second-order valence-electron chi connectivity index (χ2n) is 7.92. The van der Waals surface area contributed by atoms with Gasteiger partial charge in [0.25, 0.3) is 0 Å². The predicted molar refractivity (Wildman–Crippen MR) is 106 cm³/mol. The number of hydrogen-bond donors (Lipinski definition) is 1. The van der Waals surface area contributed by atoms with Crippen molar-refractivity contribution in [3.63, 3.8) is 0 Å². The summed E-state index contributed by atoms with van der Waals surface area (Å²) in [6.45, 7) is 5.79. The molecule has 1 aliphatic rings. The van der Waals surface area contributed by atoms with Crippen LogP contribution in [0.25, 0.3) is 0 Å². The molecule has 0 radical (unpaired) electrons. The molecule has 1 aliphatic carbocycles. The van der Waals surface area contributed by atoms with Crippen LogP contribution < -0.4 is 0 Å². The monoisotopic (exact) mass is 402 g/mol. The molecule has 28 heavy (non-hydrogen) atoms. The van der Waals surface area contributed by atoms with E-state index in [0.29, 0.717) is 38.9 Å². The molecule has 164 valence electrons. The van der Waals surface area contributed by atoms with Gasteiger partial charge < -0.3 is 24.1 Å². The Labute approximate surface area is 169 Å². The molecule has 0 saturated heterocycles. The lowest BCUT2D eigenvalue weighted by molar-refractivity contribution is -0.0257. The molecule has 0 aromatic rings. The van der Waals surface area contributed by atoms with Gasteiger partial charge in [0, 0.05) is 6.61 Å². The van der Waals surface area contributed by atoms with Gasteiger partial charge >= 0.3 is 12.3 Å². The number of rotatable bonds is 14. The first kappa shape index (κ1) is 24.5. The molecular formula is C21H38O7. The second kappa shape index (κ2) is 15.4. The lowest BCUT2D eigenvalue weighted by atomic mass is 9.95. The van der Waals surface area contributed by atoms with Gasteiger partial charge in [-0.15, -0.1) is 0 Å². The van der Waals surface area contributed by atoms with Crippen molar-refractivity contribution in [3.8, 4) is 0 Å². The minimum atomic E-state index is -1.26. The molecule has 0 spiro atoms. The molecule has 0 unspecified atom stereocenters. The molecular weight excluding hydrogens is 364 g/mol. The van der Waals surface area contributed by atoms with Crippen LogP contribution in [0.5, 0.6) is 0 Å². The van der Waals surface area contributed by atoms with Crippen LogP contribution in [-0.4, -0.2) is 49.4 Å². The van der Waals surface area contributed by atoms with Crippen LogP contribution in [0.2, 0.25) is 0 Å². The Bertz CT molecular complexity index is 417. The molecule has 0 bridgehead atoms. The number of carboxylic acid groups (broad SMARTS) is 1. The minimum Gasteiger partial charge on any atom is -0.450 e. The average Bonchev–Trinajstić information content (AvgIpc) is 2.63. The zero-order valence-corrected chi connectivity index (χ0v) is 17.5. The van der Waals surface area contributed by atoms with Crippen molar-refractivity contribution in [2.24, 2.45) is 5.92 Å². The fraction of sp³-hybridized carbons (Fsp3) is 0.905. The van der Waals surface area contributed by atoms with E-state index in [2.05, 4.69) is 13.8 Å². The maximum atomic E-state index is 11.6. The Morgan fingerprint density at radius 2 is 1.39 bits per heavy atom. The Morgan fingerprint density at radius 1 is 0.821 bits per heavy atom. The fourth-order valence-electron chi connectivity index (χ4n) is 3.33. The van der Waals surface area contributed by atoms with E-state index < -0.39 is 12.3 Å². The zero-order valence-electron chi connectivity index (χ0n) is 17.5. The summed E-state index contributed by atoms with van der Waals surface area (Å²) in [6.07, 6.45) is 8.56. The van der Waals surface area contributed by atoms with Gasteiger partial charge in [0.2, 0.25) is 0 Å². The van der Waals surface area contributed by atoms with E-state index in [-0.39, 0.29) is 18.8 Å². The van der Waals surface area contributed by atoms with E-state index in [4.69, 9.17) is 24.1 Å². The summed E-state index contributed by atoms with van der Waals surface area (Å²) in [4.78, 5) is 22.1. The lowest BCUT2D eigenvalue weighted by Crippen LogP contribution is -2.29. The molecule has 7 nitrogen and oxygen atoms in total. The first-order valence-electron chi connectivity index (χ1n) is 10.8. The van der Waals surface area contributed by atoms with Crippen molar-refractivity contribution in [3.05, 3.63) is 0 Å². The van der Waals surface area contributed by atoms with Crippen molar-refractivity contribution < 1.29 is 33.6 Å². The van der Waals surface area contributed by atoms with E-state index in [1.165, 1.54) is 38.5 Å². The summed E-state index contributed by atoms with van der Waals surface area (Å²) >= 11 is 0. The third-order valence-electron chi connectivity index (χ3n) is 4.92. The molecule has 7 heteroatoms. The molecule has 0 heterocycles. The maximum Gasteiger partial charge on any atom is 0.508 e. The van der Waals surface area contributed by atoms with Crippen LogP contribution >= 0.6 is 0 Å². The smallest absolute Gasteiger partial charge is 0.450 e. The maximum absolute atomic E-state index is 11.6. The number of ether oxygens (including phenoxy) is 4. The quantitative estimate of drug-likeness (QED) is 0.301. The normalized spacial score (nSPS) is 19.4. The Morgan fingerprint density at radius 3 is 2.00 bits per heavy atom. The Balaban J connectivity index is 1.86. The number of carbonyl (C=O) groups is 2. The molecule has 0 aromatic carbocycles. The average molecular weight is 403 g/mol. The highest BCUT2D eigenvalue weighted by atomic mass is 16.7. The minimum absolute atomic E-state index is 0.186. The summed E-state index contributed by atoms with van der Waals surface area (Å²) in [5.74, 6) is 0.807. The highest BCUT2D eigenvalue weighted by molar-refractivity contribution is 5.60. The van der Waals surface area contributed by atoms with Crippen molar-refractivity contribution in [1.29, 1.82) is 0 Å². The summed E-state index contributed by atoms with van der Waals surface area (Å²) in [5.41, 5.74) is 0. The van der Waals surface area contributed by atoms with E-state index in [1.54, 1.807) is 0 Å². The first-order chi connectivity index (χ1) is 13.5. The Hall–Kier alpha value is -1.50. The zero-order chi connectivity index (χ0) is 20.6. The van der Waals surface area contributed by atoms with E-state index in [9.17, 15) is 9.59 Å². The van der Waals surface area contributed by atoms with Gasteiger partial charge in [-0.25, -0.2) is 9.59 Å². The van der Waals surface area contributed by atoms with Gasteiger partial charge in [-0.1, -0.05) is 52.4 Å². The third-order valence-corrected chi connectivity index (χ3v) is 4.92. The van der Waals surface area contributed by atoms with Gasteiger partial charge in [-0.05, 0) is 38.0 Å². The lowest BCUT2D eigenvalue weighted by Gasteiger charge is -2.26. The summed E-state index contributed by atoms with van der Waals surface area (Å²) in [6, 6.07) is 0. The first-order valence-corrected chi connectivity index (χ1v) is 10.8. The molecule has 1 fully saturated rings. The van der Waals surface area contributed by atoms with Crippen LogP contribution in [0.4, 0.5) is 9.59 Å². The Kier molecular flexibility index (Phi) is 13.5. The van der Waals surface area contributed by atoms with Crippen molar-refractivity contribution in [2.75, 3.05) is 19.8 Å². The highest BCUT2D eigenvalue weighted by Crippen LogP contribution is 2.23. The predicted octanol–water partition coefficient (Wildman–Crippen LogP) is 5.55. The molecule has 0 aliphatic heterocycles. The van der Waals surface area contributed by atoms with Crippen molar-refractivity contribution in [2.45, 2.75) is 96.7 Å². The van der Waals surface area contributed by atoms with Crippen LogP contribution in [0.1, 0.15) is 84.5 Å². The van der Waals surface area contributed by atoms with Gasteiger partial charge in [-0.3, -0.25) is 0 Å². The fourth-order valence-corrected chi connectivity index (χ4v) is 3.33. The molecule has 1 saturated carbocycles. The SMILES string of the molecule is CC(C)CCCCCCCCOCCOC(=O)OC1CCC(OC(=O)O)CC1. The molecule has 1 rings (SSSR count). The van der Waals surface area contributed by atoms with Crippen LogP contribution in [0.15, 0.2) is 0 Å². The van der Waals surface area contributed by atoms with E-state index in [1.807, 2.05) is 0 Å². The van der Waals surface area contributed by atoms with Crippen LogP contribution in [-0.2, 0) is 18.9 Å². The van der Waals surface area contributed by atoms with Gasteiger partial charge in [0.15, 0.2) is 0 Å². The summed E-state index contributed by atoms with van der Waals surface area (Å²) in [5, 5.41) is 8.59. The largest absolute Gasteiger partial charge is 0.508 e. The number of hydrogen-bond acceptors (Lipinski definition) is 6. The van der Waals surface area contributed by atoms with E-state index >= 15 is 0 Å². The summed E-state index contributed by atoms with van der Waals surface area (Å²) in [7, 11) is 0. The molecule has 1 N–H and O–H groups in total. The van der Waals surface area contributed by atoms with Crippen molar-refractivity contribution >= 4 is 12.3 Å². The number of unbranched alkanes of at least 4 members (excludes halogenated alkanes) is 5. The van der Waals surface area contributed by atoms with Crippen LogP contribution in [0.3, 0.4) is 0 Å². The summed E-state index contributed by atoms with van der Waals surface area (Å²) < 4.78 is 20.5. The number of carbonyl (C=O) groups excluding carboxylic acids is 1. The second-order valence-corrected chi connectivity index (χ2v) is 7.92. The third kappa shape index (κ3) is 13.6. The van der Waals surface area contributed by atoms with Gasteiger partial charge in [-0.2, -0.15) is 0 Å². The standard InChI is InChI=1S/C21H38O7/c1-17(2)9-7-5-3-4-6-8-14-25-15-16-26-21(24)28-19-12-10-18(11-13-19)27-20(22)23/h17-19H,3-16H2,1-2H3,(H,22,23). The van der Waals surface area contributed by atoms with Crippen molar-refractivity contribution in [1.82, 2.24) is 0 Å². The van der Waals surface area contributed by atoms with Gasteiger partial charge in [0.05, 0.1) is 6.61 Å².